The number of aryl methyl sites for hydroxylation is 3. The van der Waals surface area contributed by atoms with Gasteiger partial charge in [-0.25, -0.2) is 4.98 Å². The summed E-state index contributed by atoms with van der Waals surface area (Å²) in [5.41, 5.74) is 15.7. The Morgan fingerprint density at radius 2 is 1.17 bits per heavy atom. The molecule has 0 unspecified atom stereocenters. The van der Waals surface area contributed by atoms with Crippen LogP contribution in [0.25, 0.3) is 61.0 Å². The molecule has 6 heteroatoms. The molecule has 10 aromatic rings. The van der Waals surface area contributed by atoms with Gasteiger partial charge in [0.05, 0.1) is 2.74 Å². The normalized spacial score (nSPS) is 12.6. The van der Waals surface area contributed by atoms with Crippen LogP contribution in [0.3, 0.4) is 0 Å². The third-order valence-corrected chi connectivity index (χ3v) is 12.0. The topological polar surface area (TPSA) is 33.5 Å². The molecule has 0 bridgehead atoms. The number of rotatable bonds is 8. The van der Waals surface area contributed by atoms with Crippen molar-refractivity contribution in [2.75, 3.05) is 9.80 Å². The first-order valence-corrected chi connectivity index (χ1v) is 21.2. The Hall–Kier alpha value is -7.20. The van der Waals surface area contributed by atoms with E-state index < -0.39 is 0 Å². The summed E-state index contributed by atoms with van der Waals surface area (Å²) < 4.78 is 27.4. The maximum atomic E-state index is 9.53. The van der Waals surface area contributed by atoms with Crippen LogP contribution >= 0.6 is 0 Å². The maximum Gasteiger partial charge on any atom is 0.135 e. The molecule has 0 saturated heterocycles. The minimum absolute atomic E-state index is 0. The van der Waals surface area contributed by atoms with E-state index in [1.807, 2.05) is 60.0 Å². The predicted molar refractivity (Wildman–Crippen MR) is 259 cm³/mol. The van der Waals surface area contributed by atoms with Crippen molar-refractivity contribution in [3.05, 3.63) is 223 Å². The first-order valence-electron chi connectivity index (χ1n) is 22.2. The second-order valence-corrected chi connectivity index (χ2v) is 16.2. The minimum Gasteiger partial charge on any atom is -0.509 e. The summed E-state index contributed by atoms with van der Waals surface area (Å²) in [4.78, 5) is 9.33. The van der Waals surface area contributed by atoms with E-state index in [0.29, 0.717) is 34.0 Å². The summed E-state index contributed by atoms with van der Waals surface area (Å²) >= 11 is 0. The molecule has 314 valence electrons. The third-order valence-electron chi connectivity index (χ3n) is 12.0. The van der Waals surface area contributed by atoms with Gasteiger partial charge in [-0.15, -0.1) is 48.1 Å². The number of hydrogen-bond donors (Lipinski definition) is 0. The summed E-state index contributed by atoms with van der Waals surface area (Å²) in [6, 6.07) is 65.7. The fraction of sp³-hybridized carbons (Fsp3) is 0.0690. The van der Waals surface area contributed by atoms with Gasteiger partial charge in [0, 0.05) is 78.0 Å². The number of para-hydroxylation sites is 4. The van der Waals surface area contributed by atoms with Crippen molar-refractivity contribution in [3.63, 3.8) is 0 Å². The Morgan fingerprint density at radius 1 is 0.562 bits per heavy atom. The van der Waals surface area contributed by atoms with Gasteiger partial charge in [0.1, 0.15) is 5.82 Å². The smallest absolute Gasteiger partial charge is 0.135 e. The van der Waals surface area contributed by atoms with E-state index in [4.69, 9.17) is 9.72 Å². The van der Waals surface area contributed by atoms with Crippen molar-refractivity contribution in [1.82, 2.24) is 9.55 Å². The number of aromatic nitrogens is 2. The Kier molecular flexibility index (Phi) is 10.1. The molecule has 0 atom stereocenters. The van der Waals surface area contributed by atoms with Gasteiger partial charge in [-0.1, -0.05) is 132 Å². The molecule has 0 aliphatic carbocycles. The van der Waals surface area contributed by atoms with E-state index in [0.717, 1.165) is 83.5 Å². The molecular formula is C58H43N4OPt-3. The average molecular weight is 1010 g/mol. The summed E-state index contributed by atoms with van der Waals surface area (Å²) in [6.07, 6.45) is 0.131. The van der Waals surface area contributed by atoms with E-state index in [2.05, 4.69) is 171 Å². The van der Waals surface area contributed by atoms with Crippen molar-refractivity contribution >= 4 is 44.6 Å². The van der Waals surface area contributed by atoms with Crippen LogP contribution in [0.15, 0.2) is 182 Å². The molecule has 0 radical (unpaired) electrons. The largest absolute Gasteiger partial charge is 0.509 e. The zero-order valence-corrected chi connectivity index (χ0v) is 38.0. The van der Waals surface area contributed by atoms with Gasteiger partial charge in [0.15, 0.2) is 0 Å². The monoisotopic (exact) mass is 1010 g/mol. The van der Waals surface area contributed by atoms with Crippen LogP contribution in [-0.2, 0) is 21.1 Å². The van der Waals surface area contributed by atoms with Crippen LogP contribution in [0.4, 0.5) is 22.7 Å². The summed E-state index contributed by atoms with van der Waals surface area (Å²) in [5, 5.41) is 1.94. The fourth-order valence-corrected chi connectivity index (χ4v) is 9.27. The van der Waals surface area contributed by atoms with Crippen molar-refractivity contribution in [1.29, 1.82) is 0 Å². The van der Waals surface area contributed by atoms with Crippen LogP contribution in [0, 0.1) is 46.5 Å². The fourth-order valence-electron chi connectivity index (χ4n) is 9.27. The maximum absolute atomic E-state index is 9.53. The van der Waals surface area contributed by atoms with Crippen LogP contribution < -0.4 is 14.5 Å². The van der Waals surface area contributed by atoms with Crippen LogP contribution in [0.2, 0.25) is 0 Å². The number of anilines is 4. The van der Waals surface area contributed by atoms with Gasteiger partial charge < -0.3 is 19.1 Å². The number of hydrogen-bond acceptors (Lipinski definition) is 4. The number of nitrogens with zero attached hydrogens (tertiary/aromatic N) is 4. The second-order valence-electron chi connectivity index (χ2n) is 16.2. The summed E-state index contributed by atoms with van der Waals surface area (Å²) in [7, 11) is 0. The SMILES string of the molecule is [2H]c1nc(-n2c3[c-]c(Oc4[c-]c(N5[CH-]N(c6c(-c7ccccc7)cccc6-c6ccccc6)c6ccccc65)ccc4)ccc3c3ccccc32)c([2H])c(C)c1-c1c(C)cc(C)cc1C.[Pt]. The molecule has 0 saturated carbocycles. The molecule has 0 N–H and O–H groups in total. The Labute approximate surface area is 391 Å². The van der Waals surface area contributed by atoms with Crippen molar-refractivity contribution in [2.24, 2.45) is 0 Å². The van der Waals surface area contributed by atoms with E-state index in [-0.39, 0.29) is 33.3 Å². The van der Waals surface area contributed by atoms with Gasteiger partial charge in [-0.3, -0.25) is 0 Å². The van der Waals surface area contributed by atoms with Crippen molar-refractivity contribution < 1.29 is 28.5 Å². The molecule has 64 heavy (non-hydrogen) atoms. The van der Waals surface area contributed by atoms with E-state index in [9.17, 15) is 2.74 Å². The molecule has 8 aromatic carbocycles. The Morgan fingerprint density at radius 3 is 1.88 bits per heavy atom. The molecule has 5 nitrogen and oxygen atoms in total. The average Bonchev–Trinajstić information content (AvgIpc) is 3.87. The van der Waals surface area contributed by atoms with E-state index >= 15 is 0 Å². The molecule has 1 aliphatic rings. The number of ether oxygens (including phenoxy) is 1. The second kappa shape index (κ2) is 16.8. The molecule has 11 rings (SSSR count). The van der Waals surface area contributed by atoms with Gasteiger partial charge in [-0.05, 0) is 90.7 Å². The molecule has 0 amide bonds. The molecular weight excluding hydrogens is 964 g/mol. The summed E-state index contributed by atoms with van der Waals surface area (Å²) in [6.45, 7) is 10.3. The van der Waals surface area contributed by atoms with Crippen LogP contribution in [0.5, 0.6) is 11.5 Å². The van der Waals surface area contributed by atoms with Gasteiger partial charge in [-0.2, -0.15) is 12.1 Å². The quantitative estimate of drug-likeness (QED) is 0.142. The Balaban J connectivity index is 0.00000511. The zero-order chi connectivity index (χ0) is 44.3. The van der Waals surface area contributed by atoms with Gasteiger partial charge >= 0.3 is 0 Å². The van der Waals surface area contributed by atoms with Gasteiger partial charge in [0.2, 0.25) is 0 Å². The van der Waals surface area contributed by atoms with E-state index in [1.165, 1.54) is 0 Å². The number of pyridine rings is 1. The number of benzene rings is 8. The number of fused-ring (bicyclic) bond motifs is 4. The van der Waals surface area contributed by atoms with Crippen LogP contribution in [-0.4, -0.2) is 9.55 Å². The minimum atomic E-state index is 0. The summed E-state index contributed by atoms with van der Waals surface area (Å²) in [5.74, 6) is 1.39. The third kappa shape index (κ3) is 7.16. The first kappa shape index (κ1) is 38.5. The van der Waals surface area contributed by atoms with Gasteiger partial charge in [0.25, 0.3) is 0 Å². The first-order chi connectivity index (χ1) is 31.7. The van der Waals surface area contributed by atoms with Crippen molar-refractivity contribution in [2.45, 2.75) is 27.7 Å². The molecule has 2 aromatic heterocycles. The Bertz CT molecular complexity index is 3400. The molecule has 1 aliphatic heterocycles. The van der Waals surface area contributed by atoms with E-state index in [1.54, 1.807) is 0 Å². The molecule has 3 heterocycles. The standard InChI is InChI=1S/C58H43N4O.Pt/c1-38-31-40(3)57(41(4)32-38)51-36-59-56(33-39(51)2)62-52-26-12-11-23-49(52)50-30-29-46(35-55(50)62)63-45-22-15-21-44(34-45)60-37-61(54-28-14-13-27-53(54)60)58-47(42-17-7-5-8-18-42)24-16-25-48(58)43-19-9-6-10-20-43;/h5-33,36-37H,1-4H3;/q-3;/i33D,36D;. The molecule has 0 fully saturated rings. The predicted octanol–water partition coefficient (Wildman–Crippen LogP) is 15.2. The van der Waals surface area contributed by atoms with Crippen molar-refractivity contribution in [3.8, 4) is 50.7 Å². The van der Waals surface area contributed by atoms with Crippen LogP contribution in [0.1, 0.15) is 25.0 Å². The zero-order valence-electron chi connectivity index (χ0n) is 37.8. The molecule has 0 spiro atoms.